The first-order valence-electron chi connectivity index (χ1n) is 4.90. The monoisotopic (exact) mass is 182 g/mol. The summed E-state index contributed by atoms with van der Waals surface area (Å²) in [6.45, 7) is 4.61. The minimum atomic E-state index is 0.137. The Balaban J connectivity index is 2.25. The van der Waals surface area contributed by atoms with Crippen molar-refractivity contribution in [2.24, 2.45) is 5.92 Å². The van der Waals surface area contributed by atoms with E-state index in [1.54, 1.807) is 7.11 Å². The first-order valence-corrected chi connectivity index (χ1v) is 4.90. The molecular formula is C10H18N2O. The Hall–Kier alpha value is -0.590. The minimum absolute atomic E-state index is 0.137. The van der Waals surface area contributed by atoms with Crippen LogP contribution >= 0.6 is 0 Å². The Labute approximate surface area is 80.3 Å². The molecule has 1 unspecified atom stereocenters. The molecule has 1 aliphatic rings. The fourth-order valence-corrected chi connectivity index (χ4v) is 1.46. The van der Waals surface area contributed by atoms with Gasteiger partial charge in [0.1, 0.15) is 0 Å². The lowest BCUT2D eigenvalue weighted by atomic mass is 10.2. The number of methoxy groups -OCH3 is 1. The number of ether oxygens (including phenoxy) is 1. The second-order valence-corrected chi connectivity index (χ2v) is 3.75. The van der Waals surface area contributed by atoms with Gasteiger partial charge >= 0.3 is 0 Å². The number of nitriles is 1. The average molecular weight is 182 g/mol. The molecule has 0 radical (unpaired) electrons. The van der Waals surface area contributed by atoms with Crippen LogP contribution in [0, 0.1) is 17.2 Å². The summed E-state index contributed by atoms with van der Waals surface area (Å²) in [5.41, 5.74) is 0. The summed E-state index contributed by atoms with van der Waals surface area (Å²) in [7, 11) is 1.72. The van der Waals surface area contributed by atoms with Crippen LogP contribution in [-0.2, 0) is 4.74 Å². The molecule has 0 bridgehead atoms. The zero-order valence-corrected chi connectivity index (χ0v) is 8.49. The molecule has 0 aromatic carbocycles. The van der Waals surface area contributed by atoms with Crippen molar-refractivity contribution >= 4 is 0 Å². The molecule has 0 N–H and O–H groups in total. The first-order chi connectivity index (χ1) is 6.27. The first kappa shape index (κ1) is 10.5. The molecule has 3 heteroatoms. The van der Waals surface area contributed by atoms with Gasteiger partial charge in [0.2, 0.25) is 0 Å². The molecular weight excluding hydrogens is 164 g/mol. The van der Waals surface area contributed by atoms with Gasteiger partial charge in [-0.2, -0.15) is 5.26 Å². The van der Waals surface area contributed by atoms with Crippen LogP contribution in [0.15, 0.2) is 0 Å². The van der Waals surface area contributed by atoms with Crippen LogP contribution in [0.5, 0.6) is 0 Å². The molecule has 0 amide bonds. The van der Waals surface area contributed by atoms with Crippen molar-refractivity contribution < 1.29 is 4.74 Å². The van der Waals surface area contributed by atoms with Crippen LogP contribution in [-0.4, -0.2) is 37.7 Å². The Morgan fingerprint density at radius 1 is 1.62 bits per heavy atom. The summed E-state index contributed by atoms with van der Waals surface area (Å²) in [6.07, 6.45) is 2.59. The molecule has 0 saturated heterocycles. The van der Waals surface area contributed by atoms with E-state index in [1.807, 2.05) is 6.92 Å². The topological polar surface area (TPSA) is 36.3 Å². The van der Waals surface area contributed by atoms with E-state index < -0.39 is 0 Å². The van der Waals surface area contributed by atoms with E-state index in [-0.39, 0.29) is 5.92 Å². The molecule has 0 aromatic rings. The lowest BCUT2D eigenvalue weighted by Crippen LogP contribution is -2.33. The van der Waals surface area contributed by atoms with E-state index in [0.29, 0.717) is 0 Å². The van der Waals surface area contributed by atoms with E-state index in [0.717, 1.165) is 25.7 Å². The molecule has 1 rings (SSSR count). The van der Waals surface area contributed by atoms with Crippen LogP contribution in [0.4, 0.5) is 0 Å². The molecule has 3 nitrogen and oxygen atoms in total. The van der Waals surface area contributed by atoms with Gasteiger partial charge in [-0.25, -0.2) is 0 Å². The molecule has 13 heavy (non-hydrogen) atoms. The average Bonchev–Trinajstić information content (AvgIpc) is 2.94. The van der Waals surface area contributed by atoms with Crippen molar-refractivity contribution in [2.45, 2.75) is 25.8 Å². The maximum atomic E-state index is 8.70. The van der Waals surface area contributed by atoms with Crippen molar-refractivity contribution in [2.75, 3.05) is 26.8 Å². The van der Waals surface area contributed by atoms with Crippen LogP contribution in [0.3, 0.4) is 0 Å². The molecule has 0 aliphatic heterocycles. The highest BCUT2D eigenvalue weighted by atomic mass is 16.5. The van der Waals surface area contributed by atoms with Crippen LogP contribution < -0.4 is 0 Å². The Kier molecular flexibility index (Phi) is 4.20. The summed E-state index contributed by atoms with van der Waals surface area (Å²) in [6, 6.07) is 3.00. The highest BCUT2D eigenvalue weighted by Gasteiger charge is 2.29. The summed E-state index contributed by atoms with van der Waals surface area (Å²) >= 11 is 0. The van der Waals surface area contributed by atoms with Crippen LogP contribution in [0.2, 0.25) is 0 Å². The predicted molar refractivity (Wildman–Crippen MR) is 51.2 cm³/mol. The Morgan fingerprint density at radius 3 is 2.77 bits per heavy atom. The molecule has 1 saturated carbocycles. The fraction of sp³-hybridized carbons (Fsp3) is 0.900. The fourth-order valence-electron chi connectivity index (χ4n) is 1.46. The summed E-state index contributed by atoms with van der Waals surface area (Å²) < 4.78 is 5.04. The van der Waals surface area contributed by atoms with Crippen LogP contribution in [0.25, 0.3) is 0 Å². The molecule has 0 aromatic heterocycles. The van der Waals surface area contributed by atoms with Crippen molar-refractivity contribution in [3.63, 3.8) is 0 Å². The SMILES string of the molecule is COCCN(CC(C)C#N)C1CC1. The third-order valence-electron chi connectivity index (χ3n) is 2.37. The zero-order valence-electron chi connectivity index (χ0n) is 8.49. The molecule has 0 heterocycles. The largest absolute Gasteiger partial charge is 0.383 e. The number of rotatable bonds is 6. The van der Waals surface area contributed by atoms with E-state index in [1.165, 1.54) is 12.8 Å². The molecule has 1 atom stereocenters. The standard InChI is InChI=1S/C10H18N2O/c1-9(7-11)8-12(5-6-13-2)10-3-4-10/h9-10H,3-6,8H2,1-2H3. The maximum absolute atomic E-state index is 8.70. The lowest BCUT2D eigenvalue weighted by Gasteiger charge is -2.22. The Morgan fingerprint density at radius 2 is 2.31 bits per heavy atom. The van der Waals surface area contributed by atoms with Gasteiger partial charge in [0.05, 0.1) is 18.6 Å². The number of hydrogen-bond acceptors (Lipinski definition) is 3. The molecule has 74 valence electrons. The number of hydrogen-bond donors (Lipinski definition) is 0. The van der Waals surface area contributed by atoms with Gasteiger partial charge in [-0.3, -0.25) is 4.90 Å². The second-order valence-electron chi connectivity index (χ2n) is 3.75. The van der Waals surface area contributed by atoms with E-state index in [4.69, 9.17) is 10.00 Å². The van der Waals surface area contributed by atoms with Gasteiger partial charge < -0.3 is 4.74 Å². The summed E-state index contributed by atoms with van der Waals surface area (Å²) in [5, 5.41) is 8.70. The molecule has 1 fully saturated rings. The van der Waals surface area contributed by atoms with E-state index in [9.17, 15) is 0 Å². The van der Waals surface area contributed by atoms with Crippen molar-refractivity contribution in [1.29, 1.82) is 5.26 Å². The summed E-state index contributed by atoms with van der Waals surface area (Å²) in [5.74, 6) is 0.137. The van der Waals surface area contributed by atoms with Gasteiger partial charge in [-0.15, -0.1) is 0 Å². The van der Waals surface area contributed by atoms with Gasteiger partial charge in [-0.05, 0) is 19.8 Å². The smallest absolute Gasteiger partial charge is 0.0666 e. The molecule has 1 aliphatic carbocycles. The second kappa shape index (κ2) is 5.21. The lowest BCUT2D eigenvalue weighted by molar-refractivity contribution is 0.138. The quantitative estimate of drug-likeness (QED) is 0.620. The van der Waals surface area contributed by atoms with Gasteiger partial charge in [-0.1, -0.05) is 0 Å². The third-order valence-corrected chi connectivity index (χ3v) is 2.37. The molecule has 0 spiro atoms. The van der Waals surface area contributed by atoms with Crippen molar-refractivity contribution in [3.05, 3.63) is 0 Å². The van der Waals surface area contributed by atoms with E-state index in [2.05, 4.69) is 11.0 Å². The minimum Gasteiger partial charge on any atom is -0.383 e. The summed E-state index contributed by atoms with van der Waals surface area (Å²) in [4.78, 5) is 2.37. The van der Waals surface area contributed by atoms with E-state index >= 15 is 0 Å². The van der Waals surface area contributed by atoms with Gasteiger partial charge in [0.25, 0.3) is 0 Å². The van der Waals surface area contributed by atoms with Gasteiger partial charge in [0, 0.05) is 26.2 Å². The third kappa shape index (κ3) is 3.75. The highest BCUT2D eigenvalue weighted by molar-refractivity contribution is 4.89. The zero-order chi connectivity index (χ0) is 9.68. The van der Waals surface area contributed by atoms with Gasteiger partial charge in [0.15, 0.2) is 0 Å². The normalized spacial score (nSPS) is 18.6. The Bertz CT molecular complexity index is 184. The van der Waals surface area contributed by atoms with Crippen LogP contribution in [0.1, 0.15) is 19.8 Å². The predicted octanol–water partition coefficient (Wildman–Crippen LogP) is 1.26. The van der Waals surface area contributed by atoms with Crippen molar-refractivity contribution in [1.82, 2.24) is 4.90 Å². The maximum Gasteiger partial charge on any atom is 0.0666 e. The van der Waals surface area contributed by atoms with Crippen molar-refractivity contribution in [3.8, 4) is 6.07 Å². The number of nitrogens with zero attached hydrogens (tertiary/aromatic N) is 2. The highest BCUT2D eigenvalue weighted by Crippen LogP contribution is 2.27.